The number of nitrogens with one attached hydrogen (secondary N) is 1. The molecule has 222 valence electrons. The molecule has 2 saturated carbocycles. The Hall–Kier alpha value is -1.95. The lowest BCUT2D eigenvalue weighted by molar-refractivity contribution is -0.911. The maximum absolute atomic E-state index is 13.0. The molecule has 3 fully saturated rings. The number of likely N-dealkylation sites (tertiary alicyclic amines) is 1. The lowest BCUT2D eigenvalue weighted by Gasteiger charge is -2.58. The van der Waals surface area contributed by atoms with Crippen molar-refractivity contribution in [3.63, 3.8) is 0 Å². The van der Waals surface area contributed by atoms with Crippen LogP contribution in [0.4, 0.5) is 0 Å². The van der Waals surface area contributed by atoms with Crippen LogP contribution in [-0.4, -0.2) is 49.1 Å². The van der Waals surface area contributed by atoms with Gasteiger partial charge in [-0.2, -0.15) is 0 Å². The monoisotopic (exact) mass is 554 g/mol. The number of Topliss-reactive ketones (excluding diaryl/α,β-unsaturated/α-hetero) is 1. The number of esters is 2. The van der Waals surface area contributed by atoms with E-state index in [0.29, 0.717) is 30.6 Å². The summed E-state index contributed by atoms with van der Waals surface area (Å²) in [5, 5.41) is 0. The molecule has 40 heavy (non-hydrogen) atoms. The van der Waals surface area contributed by atoms with E-state index >= 15 is 0 Å². The maximum Gasteiger partial charge on any atom is 0.312 e. The standard InChI is InChI=1S/C34H51NO5/c1-21-16-22(2)20-35(19-21)15-11-31(38)39-26-8-12-32(6)28-9-13-33(7)29(27(28)17-23(3)30(32)18-26)10-14-34(33,24(4)36)40-25(5)37/h17-18,21-22,26-29H,8-16,19-20H2,1-7H3/p+1. The topological polar surface area (TPSA) is 74.1 Å². The number of hydrogen-bond donors (Lipinski definition) is 1. The van der Waals surface area contributed by atoms with Crippen LogP contribution in [0.3, 0.4) is 0 Å². The maximum atomic E-state index is 13.0. The quantitative estimate of drug-likeness (QED) is 0.475. The van der Waals surface area contributed by atoms with Crippen molar-refractivity contribution in [1.82, 2.24) is 0 Å². The van der Waals surface area contributed by atoms with Gasteiger partial charge in [-0.15, -0.1) is 0 Å². The van der Waals surface area contributed by atoms with Crippen molar-refractivity contribution < 1.29 is 28.8 Å². The lowest BCUT2D eigenvalue weighted by Crippen LogP contribution is -3.14. The number of carbonyl (C=O) groups excluding carboxylic acids is 3. The van der Waals surface area contributed by atoms with Crippen LogP contribution in [0.5, 0.6) is 0 Å². The summed E-state index contributed by atoms with van der Waals surface area (Å²) in [5.74, 6) is 2.15. The van der Waals surface area contributed by atoms with Gasteiger partial charge in [0.1, 0.15) is 6.10 Å². The van der Waals surface area contributed by atoms with Gasteiger partial charge in [-0.05, 0) is 93.6 Å². The average Bonchev–Trinajstić information content (AvgIpc) is 3.16. The van der Waals surface area contributed by atoms with E-state index < -0.39 is 5.60 Å². The molecule has 0 amide bonds. The number of ether oxygens (including phenoxy) is 2. The van der Waals surface area contributed by atoms with Crippen molar-refractivity contribution >= 4 is 17.7 Å². The highest BCUT2D eigenvalue weighted by Gasteiger charge is 2.67. The molecule has 1 saturated heterocycles. The summed E-state index contributed by atoms with van der Waals surface area (Å²) in [5.41, 5.74) is 1.30. The molecule has 0 spiro atoms. The molecule has 1 aliphatic heterocycles. The summed E-state index contributed by atoms with van der Waals surface area (Å²) >= 11 is 0. The molecule has 0 aromatic rings. The van der Waals surface area contributed by atoms with Gasteiger partial charge < -0.3 is 14.4 Å². The summed E-state index contributed by atoms with van der Waals surface area (Å²) in [4.78, 5) is 39.6. The Labute approximate surface area is 241 Å². The van der Waals surface area contributed by atoms with E-state index in [1.165, 1.54) is 29.4 Å². The van der Waals surface area contributed by atoms with Crippen LogP contribution in [-0.2, 0) is 23.9 Å². The summed E-state index contributed by atoms with van der Waals surface area (Å²) in [6.07, 6.45) is 11.6. The smallest absolute Gasteiger partial charge is 0.312 e. The van der Waals surface area contributed by atoms with Gasteiger partial charge in [0.25, 0.3) is 0 Å². The van der Waals surface area contributed by atoms with Gasteiger partial charge in [-0.3, -0.25) is 14.4 Å². The van der Waals surface area contributed by atoms with Gasteiger partial charge >= 0.3 is 11.9 Å². The van der Waals surface area contributed by atoms with Crippen LogP contribution in [0.25, 0.3) is 0 Å². The summed E-state index contributed by atoms with van der Waals surface area (Å²) < 4.78 is 12.0. The number of carbonyl (C=O) groups is 3. The Balaban J connectivity index is 1.31. The molecular formula is C34H52NO5+. The van der Waals surface area contributed by atoms with E-state index in [9.17, 15) is 14.4 Å². The molecule has 9 unspecified atom stereocenters. The molecule has 6 heteroatoms. The Kier molecular flexibility index (Phi) is 7.91. The first-order valence-electron chi connectivity index (χ1n) is 15.9. The second kappa shape index (κ2) is 10.7. The van der Waals surface area contributed by atoms with Gasteiger partial charge in [-0.1, -0.05) is 39.3 Å². The van der Waals surface area contributed by atoms with E-state index in [0.717, 1.165) is 63.6 Å². The summed E-state index contributed by atoms with van der Waals surface area (Å²) in [6, 6.07) is 0. The highest BCUT2D eigenvalue weighted by molar-refractivity contribution is 5.89. The molecule has 0 bridgehead atoms. The Bertz CT molecular complexity index is 1100. The Morgan fingerprint density at radius 2 is 1.62 bits per heavy atom. The van der Waals surface area contributed by atoms with E-state index in [1.807, 2.05) is 0 Å². The first-order valence-corrected chi connectivity index (χ1v) is 15.9. The number of allylic oxidation sites excluding steroid dienone is 3. The minimum atomic E-state index is -1.01. The van der Waals surface area contributed by atoms with E-state index in [-0.39, 0.29) is 34.7 Å². The predicted molar refractivity (Wildman–Crippen MR) is 154 cm³/mol. The lowest BCUT2D eigenvalue weighted by atomic mass is 9.47. The fourth-order valence-electron chi connectivity index (χ4n) is 10.3. The van der Waals surface area contributed by atoms with Gasteiger partial charge in [-0.25, -0.2) is 0 Å². The Morgan fingerprint density at radius 3 is 2.27 bits per heavy atom. The van der Waals surface area contributed by atoms with Gasteiger partial charge in [0, 0.05) is 24.2 Å². The van der Waals surface area contributed by atoms with Crippen molar-refractivity contribution in [2.45, 2.75) is 112 Å². The first kappa shape index (κ1) is 29.5. The molecule has 0 radical (unpaired) electrons. The zero-order valence-corrected chi connectivity index (χ0v) is 25.9. The molecule has 6 nitrogen and oxygen atoms in total. The molecule has 9 atom stereocenters. The molecule has 5 rings (SSSR count). The van der Waals surface area contributed by atoms with Crippen molar-refractivity contribution in [3.8, 4) is 0 Å². The van der Waals surface area contributed by atoms with Gasteiger partial charge in [0.2, 0.25) is 0 Å². The molecule has 1 N–H and O–H groups in total. The van der Waals surface area contributed by atoms with E-state index in [1.54, 1.807) is 6.92 Å². The third-order valence-corrected chi connectivity index (χ3v) is 12.0. The summed E-state index contributed by atoms with van der Waals surface area (Å²) in [7, 11) is 0. The van der Waals surface area contributed by atoms with Gasteiger partial charge in [0.05, 0.1) is 26.1 Å². The van der Waals surface area contributed by atoms with Crippen molar-refractivity contribution in [3.05, 3.63) is 23.3 Å². The fraction of sp³-hybridized carbons (Fsp3) is 0.794. The highest BCUT2D eigenvalue weighted by Crippen LogP contribution is 2.68. The molecule has 0 aromatic heterocycles. The zero-order valence-electron chi connectivity index (χ0n) is 25.9. The average molecular weight is 555 g/mol. The van der Waals surface area contributed by atoms with Crippen LogP contribution in [0.2, 0.25) is 0 Å². The highest BCUT2D eigenvalue weighted by atomic mass is 16.6. The number of fused-ring (bicyclic) bond motifs is 5. The second-order valence-corrected chi connectivity index (χ2v) is 14.8. The molecule has 5 aliphatic rings. The van der Waals surface area contributed by atoms with E-state index in [2.05, 4.69) is 46.8 Å². The number of piperidine rings is 1. The number of ketones is 1. The molecule has 0 aromatic carbocycles. The normalized spacial score (nSPS) is 44.3. The van der Waals surface area contributed by atoms with Crippen LogP contribution in [0, 0.1) is 40.4 Å². The minimum Gasteiger partial charge on any atom is -0.458 e. The van der Waals surface area contributed by atoms with Crippen molar-refractivity contribution in [2.75, 3.05) is 19.6 Å². The van der Waals surface area contributed by atoms with Crippen LogP contribution < -0.4 is 4.90 Å². The minimum absolute atomic E-state index is 0.0114. The number of hydrogen-bond acceptors (Lipinski definition) is 5. The largest absolute Gasteiger partial charge is 0.458 e. The first-order chi connectivity index (χ1) is 18.8. The number of rotatable bonds is 6. The van der Waals surface area contributed by atoms with E-state index in [4.69, 9.17) is 9.47 Å². The van der Waals surface area contributed by atoms with Crippen LogP contribution >= 0.6 is 0 Å². The molecular weight excluding hydrogens is 502 g/mol. The Morgan fingerprint density at radius 1 is 0.950 bits per heavy atom. The third kappa shape index (κ3) is 4.90. The fourth-order valence-corrected chi connectivity index (χ4v) is 10.3. The molecule has 1 heterocycles. The summed E-state index contributed by atoms with van der Waals surface area (Å²) in [6.45, 7) is 17.7. The van der Waals surface area contributed by atoms with Gasteiger partial charge in [0.15, 0.2) is 11.4 Å². The second-order valence-electron chi connectivity index (χ2n) is 14.8. The predicted octanol–water partition coefficient (Wildman–Crippen LogP) is 4.87. The zero-order chi connectivity index (χ0) is 29.0. The third-order valence-electron chi connectivity index (χ3n) is 12.0. The molecule has 4 aliphatic carbocycles. The van der Waals surface area contributed by atoms with Crippen LogP contribution in [0.15, 0.2) is 23.3 Å². The van der Waals surface area contributed by atoms with Crippen molar-refractivity contribution in [1.29, 1.82) is 0 Å². The van der Waals surface area contributed by atoms with Crippen molar-refractivity contribution in [2.24, 2.45) is 40.4 Å². The number of quaternary nitrogens is 1. The van der Waals surface area contributed by atoms with Crippen LogP contribution in [0.1, 0.15) is 99.8 Å². The SMILES string of the molecule is CC(=O)OC1(C(C)=O)CCC2C3C=C(C)C4=CC(OC(=O)CC[NH+]5CC(C)CC(C)C5)CCC4(C)C3CCC21C.